The monoisotopic (exact) mass is 323 g/mol. The molecular formula is C20H25N3O. The van der Waals surface area contributed by atoms with Gasteiger partial charge in [-0.05, 0) is 44.6 Å². The van der Waals surface area contributed by atoms with Crippen LogP contribution >= 0.6 is 0 Å². The Hall–Kier alpha value is -2.33. The average molecular weight is 323 g/mol. The van der Waals surface area contributed by atoms with Crippen molar-refractivity contribution < 1.29 is 4.74 Å². The summed E-state index contributed by atoms with van der Waals surface area (Å²) >= 11 is 0. The molecule has 2 aromatic carbocycles. The minimum absolute atomic E-state index is 0.692. The van der Waals surface area contributed by atoms with Crippen molar-refractivity contribution in [2.45, 2.75) is 19.4 Å². The van der Waals surface area contributed by atoms with Crippen molar-refractivity contribution in [3.8, 4) is 5.88 Å². The summed E-state index contributed by atoms with van der Waals surface area (Å²) < 4.78 is 8.00. The average Bonchev–Trinajstić information content (AvgIpc) is 2.96. The van der Waals surface area contributed by atoms with Gasteiger partial charge in [0.15, 0.2) is 0 Å². The number of ether oxygens (including phenoxy) is 1. The zero-order valence-corrected chi connectivity index (χ0v) is 14.5. The lowest BCUT2D eigenvalue weighted by Crippen LogP contribution is -2.15. The number of hydrogen-bond acceptors (Lipinski definition) is 3. The third-order valence-electron chi connectivity index (χ3n) is 4.07. The molecule has 0 atom stereocenters. The van der Waals surface area contributed by atoms with Gasteiger partial charge < -0.3 is 9.64 Å². The molecule has 3 aromatic rings. The molecule has 0 aliphatic heterocycles. The van der Waals surface area contributed by atoms with Crippen LogP contribution in [-0.4, -0.2) is 41.9 Å². The Morgan fingerprint density at radius 1 is 1.00 bits per heavy atom. The van der Waals surface area contributed by atoms with E-state index in [1.807, 2.05) is 12.1 Å². The van der Waals surface area contributed by atoms with Gasteiger partial charge in [0.1, 0.15) is 0 Å². The lowest BCUT2D eigenvalue weighted by Gasteiger charge is -2.09. The van der Waals surface area contributed by atoms with Crippen LogP contribution in [0.2, 0.25) is 0 Å². The van der Waals surface area contributed by atoms with Crippen LogP contribution in [0.3, 0.4) is 0 Å². The van der Waals surface area contributed by atoms with E-state index < -0.39 is 0 Å². The molecule has 4 nitrogen and oxygen atoms in total. The molecule has 1 aromatic heterocycles. The van der Waals surface area contributed by atoms with Crippen molar-refractivity contribution in [2.24, 2.45) is 0 Å². The summed E-state index contributed by atoms with van der Waals surface area (Å²) in [6.07, 6.45) is 1.96. The molecule has 126 valence electrons. The fourth-order valence-corrected chi connectivity index (χ4v) is 2.80. The number of para-hydroxylation sites is 1. The molecule has 0 radical (unpaired) electrons. The molecular weight excluding hydrogens is 298 g/mol. The fraction of sp³-hybridized carbons (Fsp3) is 0.350. The molecule has 3 rings (SSSR count). The van der Waals surface area contributed by atoms with E-state index >= 15 is 0 Å². The molecule has 0 aliphatic carbocycles. The highest BCUT2D eigenvalue weighted by atomic mass is 16.5. The van der Waals surface area contributed by atoms with Crippen molar-refractivity contribution in [1.29, 1.82) is 0 Å². The minimum Gasteiger partial charge on any atom is -0.476 e. The Morgan fingerprint density at radius 3 is 2.54 bits per heavy atom. The Morgan fingerprint density at radius 2 is 1.75 bits per heavy atom. The van der Waals surface area contributed by atoms with Crippen molar-refractivity contribution in [2.75, 3.05) is 27.2 Å². The number of aryl methyl sites for hydroxylation is 2. The van der Waals surface area contributed by atoms with Crippen LogP contribution in [0.4, 0.5) is 0 Å². The first-order chi connectivity index (χ1) is 11.7. The Bertz CT molecular complexity index is 765. The van der Waals surface area contributed by atoms with Crippen LogP contribution in [0.5, 0.6) is 5.88 Å². The number of benzene rings is 2. The third kappa shape index (κ3) is 4.15. The molecule has 0 N–H and O–H groups in total. The maximum absolute atomic E-state index is 5.94. The molecule has 0 unspecified atom stereocenters. The highest BCUT2D eigenvalue weighted by Gasteiger charge is 2.11. The van der Waals surface area contributed by atoms with Crippen LogP contribution in [0, 0.1) is 0 Å². The summed E-state index contributed by atoms with van der Waals surface area (Å²) in [4.78, 5) is 2.17. The summed E-state index contributed by atoms with van der Waals surface area (Å²) in [5.74, 6) is 0.748. The molecule has 4 heteroatoms. The van der Waals surface area contributed by atoms with Crippen molar-refractivity contribution >= 4 is 10.9 Å². The van der Waals surface area contributed by atoms with E-state index in [1.165, 1.54) is 5.56 Å². The minimum atomic E-state index is 0.692. The first-order valence-electron chi connectivity index (χ1n) is 8.51. The van der Waals surface area contributed by atoms with E-state index in [9.17, 15) is 0 Å². The van der Waals surface area contributed by atoms with E-state index in [4.69, 9.17) is 9.84 Å². The van der Waals surface area contributed by atoms with E-state index in [0.29, 0.717) is 6.61 Å². The SMILES string of the molecule is CN(C)CCCOc1nn(CCc2ccccc2)c2ccccc12. The normalized spacial score (nSPS) is 11.3. The first kappa shape index (κ1) is 16.5. The standard InChI is InChI=1S/C20H25N3O/c1-22(2)14-8-16-24-20-18-11-6-7-12-19(18)23(21-20)15-13-17-9-4-3-5-10-17/h3-7,9-12H,8,13-16H2,1-2H3. The van der Waals surface area contributed by atoms with Gasteiger partial charge in [-0.2, -0.15) is 0 Å². The predicted molar refractivity (Wildman–Crippen MR) is 98.5 cm³/mol. The maximum atomic E-state index is 5.94. The van der Waals surface area contributed by atoms with E-state index in [0.717, 1.165) is 42.7 Å². The molecule has 0 spiro atoms. The summed E-state index contributed by atoms with van der Waals surface area (Å²) in [5.41, 5.74) is 2.46. The van der Waals surface area contributed by atoms with Gasteiger partial charge in [-0.1, -0.05) is 42.5 Å². The molecule has 0 saturated carbocycles. The Balaban J connectivity index is 1.71. The number of rotatable bonds is 8. The van der Waals surface area contributed by atoms with Gasteiger partial charge in [0.2, 0.25) is 5.88 Å². The van der Waals surface area contributed by atoms with Gasteiger partial charge in [0.05, 0.1) is 17.5 Å². The predicted octanol–water partition coefficient (Wildman–Crippen LogP) is 3.61. The molecule has 0 bridgehead atoms. The van der Waals surface area contributed by atoms with E-state index in [1.54, 1.807) is 0 Å². The van der Waals surface area contributed by atoms with E-state index in [2.05, 4.69) is 66.1 Å². The van der Waals surface area contributed by atoms with Gasteiger partial charge in [-0.3, -0.25) is 4.68 Å². The first-order valence-corrected chi connectivity index (χ1v) is 8.51. The van der Waals surface area contributed by atoms with Gasteiger partial charge in [-0.25, -0.2) is 0 Å². The third-order valence-corrected chi connectivity index (χ3v) is 4.07. The Kier molecular flexibility index (Phi) is 5.49. The molecule has 1 heterocycles. The largest absolute Gasteiger partial charge is 0.476 e. The molecule has 0 amide bonds. The van der Waals surface area contributed by atoms with Gasteiger partial charge >= 0.3 is 0 Å². The quantitative estimate of drug-likeness (QED) is 0.593. The number of aromatic nitrogens is 2. The fourth-order valence-electron chi connectivity index (χ4n) is 2.80. The Labute approximate surface area is 143 Å². The second kappa shape index (κ2) is 7.97. The zero-order valence-electron chi connectivity index (χ0n) is 14.5. The summed E-state index contributed by atoms with van der Waals surface area (Å²) in [6, 6.07) is 18.8. The van der Waals surface area contributed by atoms with Crippen LogP contribution in [0.15, 0.2) is 54.6 Å². The number of fused-ring (bicyclic) bond motifs is 1. The summed E-state index contributed by atoms with van der Waals surface area (Å²) in [6.45, 7) is 2.57. The second-order valence-corrected chi connectivity index (χ2v) is 6.29. The maximum Gasteiger partial charge on any atom is 0.240 e. The lowest BCUT2D eigenvalue weighted by molar-refractivity contribution is 0.272. The van der Waals surface area contributed by atoms with Crippen LogP contribution < -0.4 is 4.74 Å². The molecule has 24 heavy (non-hydrogen) atoms. The summed E-state index contributed by atoms with van der Waals surface area (Å²) in [7, 11) is 4.15. The van der Waals surface area contributed by atoms with Gasteiger partial charge in [0.25, 0.3) is 0 Å². The van der Waals surface area contributed by atoms with Crippen molar-refractivity contribution in [3.63, 3.8) is 0 Å². The van der Waals surface area contributed by atoms with Gasteiger partial charge in [0, 0.05) is 13.1 Å². The number of hydrogen-bond donors (Lipinski definition) is 0. The van der Waals surface area contributed by atoms with Crippen molar-refractivity contribution in [3.05, 3.63) is 60.2 Å². The topological polar surface area (TPSA) is 30.3 Å². The van der Waals surface area contributed by atoms with Crippen LogP contribution in [0.25, 0.3) is 10.9 Å². The number of nitrogens with zero attached hydrogens (tertiary/aromatic N) is 3. The van der Waals surface area contributed by atoms with Crippen LogP contribution in [-0.2, 0) is 13.0 Å². The summed E-state index contributed by atoms with van der Waals surface area (Å²) in [5, 5.41) is 5.79. The molecule has 0 aliphatic rings. The highest BCUT2D eigenvalue weighted by Crippen LogP contribution is 2.25. The van der Waals surface area contributed by atoms with Crippen LogP contribution in [0.1, 0.15) is 12.0 Å². The van der Waals surface area contributed by atoms with Gasteiger partial charge in [-0.15, -0.1) is 5.10 Å². The molecule has 0 fully saturated rings. The lowest BCUT2D eigenvalue weighted by atomic mass is 10.1. The zero-order chi connectivity index (χ0) is 16.8. The van der Waals surface area contributed by atoms with E-state index in [-0.39, 0.29) is 0 Å². The van der Waals surface area contributed by atoms with Crippen molar-refractivity contribution in [1.82, 2.24) is 14.7 Å². The molecule has 0 saturated heterocycles. The second-order valence-electron chi connectivity index (χ2n) is 6.29. The highest BCUT2D eigenvalue weighted by molar-refractivity contribution is 5.84. The smallest absolute Gasteiger partial charge is 0.240 e.